The predicted octanol–water partition coefficient (Wildman–Crippen LogP) is 5.04. The van der Waals surface area contributed by atoms with Crippen molar-refractivity contribution in [1.29, 1.82) is 0 Å². The Morgan fingerprint density at radius 1 is 1.14 bits per heavy atom. The van der Waals surface area contributed by atoms with Crippen LogP contribution in [0.15, 0.2) is 54.6 Å². The first-order chi connectivity index (χ1) is 10.6. The van der Waals surface area contributed by atoms with Gasteiger partial charge >= 0.3 is 0 Å². The molecule has 1 N–H and O–H groups in total. The van der Waals surface area contributed by atoms with Gasteiger partial charge in [-0.1, -0.05) is 49.4 Å². The summed E-state index contributed by atoms with van der Waals surface area (Å²) in [5.41, 5.74) is 1.44. The third-order valence-corrected chi connectivity index (χ3v) is 4.97. The van der Waals surface area contributed by atoms with Gasteiger partial charge in [0, 0.05) is 5.25 Å². The van der Waals surface area contributed by atoms with E-state index in [2.05, 4.69) is 24.4 Å². The SMILES string of the molecule is CCC(SC(C)C(=O)Nc1ccccc1F)c1ccccc1. The molecule has 0 saturated carbocycles. The number of amides is 1. The van der Waals surface area contributed by atoms with Crippen molar-refractivity contribution in [1.82, 2.24) is 0 Å². The molecule has 0 fully saturated rings. The van der Waals surface area contributed by atoms with E-state index in [-0.39, 0.29) is 22.1 Å². The van der Waals surface area contributed by atoms with Gasteiger partial charge in [-0.3, -0.25) is 4.79 Å². The molecule has 2 atom stereocenters. The van der Waals surface area contributed by atoms with Crippen molar-refractivity contribution < 1.29 is 9.18 Å². The summed E-state index contributed by atoms with van der Waals surface area (Å²) >= 11 is 1.60. The molecule has 2 aromatic carbocycles. The molecule has 0 spiro atoms. The topological polar surface area (TPSA) is 29.1 Å². The minimum Gasteiger partial charge on any atom is -0.323 e. The first kappa shape index (κ1) is 16.6. The second-order valence-electron chi connectivity index (χ2n) is 5.05. The molecule has 1 amide bonds. The van der Waals surface area contributed by atoms with Crippen LogP contribution in [0, 0.1) is 5.82 Å². The van der Waals surface area contributed by atoms with E-state index in [0.29, 0.717) is 0 Å². The lowest BCUT2D eigenvalue weighted by Crippen LogP contribution is -2.23. The Balaban J connectivity index is 2.00. The molecule has 116 valence electrons. The molecule has 0 aliphatic rings. The third-order valence-electron chi connectivity index (χ3n) is 3.41. The molecule has 0 aliphatic heterocycles. The van der Waals surface area contributed by atoms with Crippen LogP contribution in [0.3, 0.4) is 0 Å². The highest BCUT2D eigenvalue weighted by Crippen LogP contribution is 2.35. The highest BCUT2D eigenvalue weighted by molar-refractivity contribution is 8.00. The quantitative estimate of drug-likeness (QED) is 0.809. The molecule has 0 heterocycles. The van der Waals surface area contributed by atoms with E-state index in [4.69, 9.17) is 0 Å². The summed E-state index contributed by atoms with van der Waals surface area (Å²) in [5, 5.41) is 2.65. The molecule has 0 aliphatic carbocycles. The summed E-state index contributed by atoms with van der Waals surface area (Å²) in [4.78, 5) is 12.2. The van der Waals surface area contributed by atoms with Gasteiger partial charge in [-0.25, -0.2) is 4.39 Å². The van der Waals surface area contributed by atoms with E-state index in [1.54, 1.807) is 30.0 Å². The second kappa shape index (κ2) is 7.99. The fraction of sp³-hybridized carbons (Fsp3) is 0.278. The Morgan fingerprint density at radius 2 is 1.77 bits per heavy atom. The number of para-hydroxylation sites is 1. The van der Waals surface area contributed by atoms with Crippen LogP contribution >= 0.6 is 11.8 Å². The number of carbonyl (C=O) groups is 1. The number of benzene rings is 2. The number of halogens is 1. The Labute approximate surface area is 135 Å². The molecule has 4 heteroatoms. The maximum absolute atomic E-state index is 13.6. The van der Waals surface area contributed by atoms with Crippen molar-refractivity contribution in [3.8, 4) is 0 Å². The van der Waals surface area contributed by atoms with E-state index < -0.39 is 5.82 Å². The van der Waals surface area contributed by atoms with Crippen LogP contribution in [0.1, 0.15) is 31.1 Å². The van der Waals surface area contributed by atoms with E-state index >= 15 is 0 Å². The zero-order valence-electron chi connectivity index (χ0n) is 12.8. The van der Waals surface area contributed by atoms with Gasteiger partial charge in [-0.05, 0) is 31.0 Å². The lowest BCUT2D eigenvalue weighted by Gasteiger charge is -2.19. The van der Waals surface area contributed by atoms with Crippen molar-refractivity contribution in [2.75, 3.05) is 5.32 Å². The van der Waals surface area contributed by atoms with Crippen molar-refractivity contribution in [2.24, 2.45) is 0 Å². The van der Waals surface area contributed by atoms with Crippen LogP contribution in [0.4, 0.5) is 10.1 Å². The minimum atomic E-state index is -0.414. The fourth-order valence-electron chi connectivity index (χ4n) is 2.18. The van der Waals surface area contributed by atoms with Crippen molar-refractivity contribution >= 4 is 23.4 Å². The van der Waals surface area contributed by atoms with Crippen LogP contribution in [0.2, 0.25) is 0 Å². The average Bonchev–Trinajstić information content (AvgIpc) is 2.55. The van der Waals surface area contributed by atoms with Crippen molar-refractivity contribution in [3.63, 3.8) is 0 Å². The highest BCUT2D eigenvalue weighted by atomic mass is 32.2. The molecular weight excluding hydrogens is 297 g/mol. The van der Waals surface area contributed by atoms with E-state index in [0.717, 1.165) is 6.42 Å². The van der Waals surface area contributed by atoms with Crippen LogP contribution in [-0.2, 0) is 4.79 Å². The molecular formula is C18H20FNOS. The maximum atomic E-state index is 13.6. The normalized spacial score (nSPS) is 13.4. The number of hydrogen-bond donors (Lipinski definition) is 1. The fourth-order valence-corrected chi connectivity index (χ4v) is 3.37. The zero-order chi connectivity index (χ0) is 15.9. The number of carbonyl (C=O) groups excluding carboxylic acids is 1. The predicted molar refractivity (Wildman–Crippen MR) is 91.6 cm³/mol. The van der Waals surface area contributed by atoms with Crippen molar-refractivity contribution in [2.45, 2.75) is 30.8 Å². The average molecular weight is 317 g/mol. The molecule has 0 saturated heterocycles. The first-order valence-corrected chi connectivity index (χ1v) is 8.32. The minimum absolute atomic E-state index is 0.176. The van der Waals surface area contributed by atoms with Gasteiger partial charge in [0.25, 0.3) is 0 Å². The number of anilines is 1. The van der Waals surface area contributed by atoms with E-state index in [9.17, 15) is 9.18 Å². The molecule has 2 nitrogen and oxygen atoms in total. The van der Waals surface area contributed by atoms with Crippen LogP contribution in [0.25, 0.3) is 0 Å². The lowest BCUT2D eigenvalue weighted by molar-refractivity contribution is -0.115. The maximum Gasteiger partial charge on any atom is 0.237 e. The van der Waals surface area contributed by atoms with Crippen LogP contribution < -0.4 is 5.32 Å². The van der Waals surface area contributed by atoms with Gasteiger partial charge in [-0.15, -0.1) is 11.8 Å². The number of nitrogens with one attached hydrogen (secondary N) is 1. The second-order valence-corrected chi connectivity index (χ2v) is 6.60. The summed E-state index contributed by atoms with van der Waals surface area (Å²) < 4.78 is 13.6. The Bertz CT molecular complexity index is 617. The van der Waals surface area contributed by atoms with Gasteiger partial charge in [0.15, 0.2) is 0 Å². The Hall–Kier alpha value is -1.81. The molecule has 2 rings (SSSR count). The summed E-state index contributed by atoms with van der Waals surface area (Å²) in [6.07, 6.45) is 0.937. The van der Waals surface area contributed by atoms with Gasteiger partial charge < -0.3 is 5.32 Å². The molecule has 0 bridgehead atoms. The molecule has 0 aromatic heterocycles. The summed E-state index contributed by atoms with van der Waals surface area (Å²) in [5.74, 6) is -0.590. The van der Waals surface area contributed by atoms with Crippen LogP contribution in [-0.4, -0.2) is 11.2 Å². The smallest absolute Gasteiger partial charge is 0.237 e. The van der Waals surface area contributed by atoms with Gasteiger partial charge in [0.2, 0.25) is 5.91 Å². The van der Waals surface area contributed by atoms with Gasteiger partial charge in [0.05, 0.1) is 10.9 Å². The van der Waals surface area contributed by atoms with E-state index in [1.165, 1.54) is 11.6 Å². The van der Waals surface area contributed by atoms with Gasteiger partial charge in [-0.2, -0.15) is 0 Å². The standard InChI is InChI=1S/C18H20FNOS/c1-3-17(14-9-5-4-6-10-14)22-13(2)18(21)20-16-12-8-7-11-15(16)19/h4-13,17H,3H2,1-2H3,(H,20,21). The molecule has 2 aromatic rings. The first-order valence-electron chi connectivity index (χ1n) is 7.37. The Morgan fingerprint density at radius 3 is 2.41 bits per heavy atom. The van der Waals surface area contributed by atoms with Crippen LogP contribution in [0.5, 0.6) is 0 Å². The summed E-state index contributed by atoms with van der Waals surface area (Å²) in [6.45, 7) is 3.96. The van der Waals surface area contributed by atoms with Crippen molar-refractivity contribution in [3.05, 3.63) is 66.0 Å². The zero-order valence-corrected chi connectivity index (χ0v) is 13.6. The Kier molecular flexibility index (Phi) is 6.01. The number of rotatable bonds is 6. The van der Waals surface area contributed by atoms with Gasteiger partial charge in [0.1, 0.15) is 5.82 Å². The molecule has 22 heavy (non-hydrogen) atoms. The summed E-state index contributed by atoms with van der Waals surface area (Å²) in [7, 11) is 0. The number of hydrogen-bond acceptors (Lipinski definition) is 2. The third kappa shape index (κ3) is 4.34. The number of thioether (sulfide) groups is 1. The molecule has 2 unspecified atom stereocenters. The van der Waals surface area contributed by atoms with E-state index in [1.807, 2.05) is 25.1 Å². The largest absolute Gasteiger partial charge is 0.323 e. The lowest BCUT2D eigenvalue weighted by atomic mass is 10.1. The monoisotopic (exact) mass is 317 g/mol. The summed E-state index contributed by atoms with van der Waals surface area (Å²) in [6, 6.07) is 16.3. The molecule has 0 radical (unpaired) electrons. The highest BCUT2D eigenvalue weighted by Gasteiger charge is 2.20.